The molecule has 68 valence electrons. The minimum atomic E-state index is 0.265. The Hall–Kier alpha value is -1.42. The molecule has 0 saturated heterocycles. The quantitative estimate of drug-likeness (QED) is 0.742. The van der Waals surface area contributed by atoms with Crippen LogP contribution in [0.5, 0.6) is 0 Å². The van der Waals surface area contributed by atoms with Gasteiger partial charge in [-0.2, -0.15) is 5.10 Å². The third kappa shape index (κ3) is 1.40. The summed E-state index contributed by atoms with van der Waals surface area (Å²) in [6, 6.07) is 4.12. The van der Waals surface area contributed by atoms with Crippen molar-refractivity contribution < 1.29 is 0 Å². The van der Waals surface area contributed by atoms with E-state index in [9.17, 15) is 0 Å². The number of nitrogens with zero attached hydrogens (tertiary/aromatic N) is 3. The first-order valence-corrected chi connectivity index (χ1v) is 4.29. The molecule has 0 spiro atoms. The molecule has 1 atom stereocenters. The normalized spacial score (nSPS) is 13.4. The van der Waals surface area contributed by atoms with Gasteiger partial charge in [-0.1, -0.05) is 0 Å². The number of nitrogens with one attached hydrogen (secondary N) is 1. The summed E-state index contributed by atoms with van der Waals surface area (Å²) in [6.45, 7) is 2.07. The lowest BCUT2D eigenvalue weighted by Crippen LogP contribution is -2.12. The van der Waals surface area contributed by atoms with E-state index < -0.39 is 0 Å². The second-order valence-electron chi connectivity index (χ2n) is 3.00. The van der Waals surface area contributed by atoms with Crippen molar-refractivity contribution in [1.29, 1.82) is 0 Å². The molecule has 4 heteroatoms. The van der Waals surface area contributed by atoms with Crippen molar-refractivity contribution >= 4 is 5.65 Å². The Bertz CT molecular complexity index is 374. The van der Waals surface area contributed by atoms with Gasteiger partial charge in [0, 0.05) is 24.5 Å². The van der Waals surface area contributed by atoms with E-state index in [2.05, 4.69) is 22.3 Å². The minimum Gasteiger partial charge on any atom is -0.312 e. The number of aromatic nitrogens is 3. The highest BCUT2D eigenvalue weighted by molar-refractivity contribution is 5.38. The van der Waals surface area contributed by atoms with Crippen LogP contribution < -0.4 is 5.32 Å². The van der Waals surface area contributed by atoms with Crippen molar-refractivity contribution in [2.24, 2.45) is 0 Å². The van der Waals surface area contributed by atoms with Gasteiger partial charge >= 0.3 is 0 Å². The van der Waals surface area contributed by atoms with Crippen molar-refractivity contribution in [2.75, 3.05) is 7.05 Å². The van der Waals surface area contributed by atoms with E-state index >= 15 is 0 Å². The van der Waals surface area contributed by atoms with E-state index in [1.54, 1.807) is 10.7 Å². The van der Waals surface area contributed by atoms with Gasteiger partial charge in [-0.3, -0.25) is 0 Å². The molecule has 0 aromatic carbocycles. The van der Waals surface area contributed by atoms with Gasteiger partial charge in [0.05, 0.1) is 5.69 Å². The summed E-state index contributed by atoms with van der Waals surface area (Å²) >= 11 is 0. The molecule has 0 aliphatic carbocycles. The van der Waals surface area contributed by atoms with Crippen LogP contribution in [0.1, 0.15) is 18.7 Å². The first kappa shape index (κ1) is 8.19. The van der Waals surface area contributed by atoms with Gasteiger partial charge in [0.1, 0.15) is 0 Å². The molecule has 2 aromatic rings. The van der Waals surface area contributed by atoms with Gasteiger partial charge in [-0.05, 0) is 20.0 Å². The molecule has 0 saturated carbocycles. The fourth-order valence-corrected chi connectivity index (χ4v) is 1.21. The maximum Gasteiger partial charge on any atom is 0.155 e. The summed E-state index contributed by atoms with van der Waals surface area (Å²) in [5, 5.41) is 7.51. The third-order valence-electron chi connectivity index (χ3n) is 2.13. The van der Waals surface area contributed by atoms with Gasteiger partial charge in [-0.15, -0.1) is 0 Å². The molecule has 0 aliphatic rings. The predicted octanol–water partition coefficient (Wildman–Crippen LogP) is 1.01. The fourth-order valence-electron chi connectivity index (χ4n) is 1.21. The van der Waals surface area contributed by atoms with Crippen molar-refractivity contribution in [3.8, 4) is 0 Å². The van der Waals surface area contributed by atoms with E-state index in [1.807, 2.05) is 25.4 Å². The van der Waals surface area contributed by atoms with Crippen LogP contribution in [0.2, 0.25) is 0 Å². The van der Waals surface area contributed by atoms with E-state index in [4.69, 9.17) is 0 Å². The average molecular weight is 176 g/mol. The average Bonchev–Trinajstić information content (AvgIpc) is 2.59. The van der Waals surface area contributed by atoms with Gasteiger partial charge in [-0.25, -0.2) is 9.50 Å². The Balaban J connectivity index is 2.49. The van der Waals surface area contributed by atoms with Crippen molar-refractivity contribution in [3.63, 3.8) is 0 Å². The van der Waals surface area contributed by atoms with E-state index in [-0.39, 0.29) is 6.04 Å². The number of hydrogen-bond donors (Lipinski definition) is 1. The maximum absolute atomic E-state index is 4.38. The van der Waals surface area contributed by atoms with Crippen LogP contribution in [0.15, 0.2) is 24.5 Å². The molecule has 0 aliphatic heterocycles. The molecule has 0 fully saturated rings. The summed E-state index contributed by atoms with van der Waals surface area (Å²) in [4.78, 5) is 4.19. The molecule has 1 N–H and O–H groups in total. The van der Waals surface area contributed by atoms with Crippen LogP contribution >= 0.6 is 0 Å². The lowest BCUT2D eigenvalue weighted by Gasteiger charge is -2.03. The van der Waals surface area contributed by atoms with Gasteiger partial charge in [0.15, 0.2) is 5.65 Å². The number of fused-ring (bicyclic) bond motifs is 1. The molecule has 0 radical (unpaired) electrons. The Morgan fingerprint density at radius 3 is 3.08 bits per heavy atom. The van der Waals surface area contributed by atoms with E-state index in [1.165, 1.54) is 0 Å². The summed E-state index contributed by atoms with van der Waals surface area (Å²) in [5.41, 5.74) is 1.90. The zero-order valence-corrected chi connectivity index (χ0v) is 7.73. The van der Waals surface area contributed by atoms with Crippen LogP contribution in [-0.2, 0) is 0 Å². The molecular formula is C9H12N4. The largest absolute Gasteiger partial charge is 0.312 e. The molecule has 0 amide bonds. The monoisotopic (exact) mass is 176 g/mol. The Labute approximate surface area is 76.6 Å². The molecule has 0 bridgehead atoms. The van der Waals surface area contributed by atoms with Gasteiger partial charge < -0.3 is 5.32 Å². The lowest BCUT2D eigenvalue weighted by atomic mass is 10.2. The van der Waals surface area contributed by atoms with Gasteiger partial charge in [0.2, 0.25) is 0 Å². The first-order valence-electron chi connectivity index (χ1n) is 4.29. The fraction of sp³-hybridized carbons (Fsp3) is 0.333. The van der Waals surface area contributed by atoms with Crippen molar-refractivity contribution in [2.45, 2.75) is 13.0 Å². The first-order chi connectivity index (χ1) is 6.31. The topological polar surface area (TPSA) is 42.2 Å². The highest BCUT2D eigenvalue weighted by atomic mass is 15.3. The van der Waals surface area contributed by atoms with Crippen LogP contribution in [0, 0.1) is 0 Å². The smallest absolute Gasteiger partial charge is 0.155 e. The standard InChI is InChI=1S/C9H12N4/c1-7(10-2)8-6-9-11-4-3-5-13(9)12-8/h3-7,10H,1-2H3. The van der Waals surface area contributed by atoms with E-state index in [0.29, 0.717) is 0 Å². The summed E-state index contributed by atoms with van der Waals surface area (Å²) in [7, 11) is 1.92. The Morgan fingerprint density at radius 1 is 1.54 bits per heavy atom. The van der Waals surface area contributed by atoms with E-state index in [0.717, 1.165) is 11.3 Å². The number of hydrogen-bond acceptors (Lipinski definition) is 3. The van der Waals surface area contributed by atoms with Crippen LogP contribution in [0.3, 0.4) is 0 Å². The van der Waals surface area contributed by atoms with Crippen molar-refractivity contribution in [3.05, 3.63) is 30.2 Å². The molecule has 2 aromatic heterocycles. The highest BCUT2D eigenvalue weighted by Crippen LogP contribution is 2.10. The summed E-state index contributed by atoms with van der Waals surface area (Å²) < 4.78 is 1.78. The van der Waals surface area contributed by atoms with Gasteiger partial charge in [0.25, 0.3) is 0 Å². The minimum absolute atomic E-state index is 0.265. The lowest BCUT2D eigenvalue weighted by molar-refractivity contribution is 0.625. The predicted molar refractivity (Wildman–Crippen MR) is 50.5 cm³/mol. The molecule has 13 heavy (non-hydrogen) atoms. The van der Waals surface area contributed by atoms with Crippen LogP contribution in [0.25, 0.3) is 5.65 Å². The molecule has 4 nitrogen and oxygen atoms in total. The second-order valence-corrected chi connectivity index (χ2v) is 3.00. The second kappa shape index (κ2) is 3.14. The van der Waals surface area contributed by atoms with Crippen LogP contribution in [0.4, 0.5) is 0 Å². The summed E-state index contributed by atoms with van der Waals surface area (Å²) in [6.07, 6.45) is 3.67. The third-order valence-corrected chi connectivity index (χ3v) is 2.13. The summed E-state index contributed by atoms with van der Waals surface area (Å²) in [5.74, 6) is 0. The van der Waals surface area contributed by atoms with Crippen LogP contribution in [-0.4, -0.2) is 21.6 Å². The zero-order valence-electron chi connectivity index (χ0n) is 7.73. The number of rotatable bonds is 2. The SMILES string of the molecule is CNC(C)c1cc2ncccn2n1. The zero-order chi connectivity index (χ0) is 9.26. The molecule has 2 rings (SSSR count). The molecular weight excluding hydrogens is 164 g/mol. The highest BCUT2D eigenvalue weighted by Gasteiger charge is 2.07. The molecule has 2 heterocycles. The molecule has 1 unspecified atom stereocenters. The Morgan fingerprint density at radius 2 is 2.38 bits per heavy atom. The van der Waals surface area contributed by atoms with Crippen molar-refractivity contribution in [1.82, 2.24) is 19.9 Å². The Kier molecular flexibility index (Phi) is 1.98. The maximum atomic E-state index is 4.38.